The lowest BCUT2D eigenvalue weighted by molar-refractivity contribution is -0.137. The highest BCUT2D eigenvalue weighted by Crippen LogP contribution is 2.34. The number of para-hydroxylation sites is 1. The summed E-state index contributed by atoms with van der Waals surface area (Å²) < 4.78 is 10.8. The molecule has 0 spiro atoms. The van der Waals surface area contributed by atoms with Gasteiger partial charge in [0.05, 0.1) is 26.2 Å². The fourth-order valence-electron chi connectivity index (χ4n) is 3.11. The summed E-state index contributed by atoms with van der Waals surface area (Å²) in [7, 11) is 1.59. The Kier molecular flexibility index (Phi) is 5.98. The number of morpholine rings is 1. The van der Waals surface area contributed by atoms with E-state index in [9.17, 15) is 9.90 Å². The molecule has 1 fully saturated rings. The number of aliphatic carboxylic acids is 1. The number of nitrogens with zero attached hydrogens (tertiary/aromatic N) is 1. The van der Waals surface area contributed by atoms with Crippen LogP contribution in [0.15, 0.2) is 24.3 Å². The molecule has 1 aromatic rings. The van der Waals surface area contributed by atoms with E-state index >= 15 is 0 Å². The molecule has 1 heterocycles. The molecule has 2 unspecified atom stereocenters. The van der Waals surface area contributed by atoms with Gasteiger partial charge in [-0.25, -0.2) is 0 Å². The van der Waals surface area contributed by atoms with Gasteiger partial charge in [-0.3, -0.25) is 4.79 Å². The van der Waals surface area contributed by atoms with E-state index in [1.54, 1.807) is 7.11 Å². The van der Waals surface area contributed by atoms with Crippen LogP contribution in [0.25, 0.3) is 0 Å². The van der Waals surface area contributed by atoms with Crippen molar-refractivity contribution in [3.05, 3.63) is 29.8 Å². The third-order valence-electron chi connectivity index (χ3n) is 4.42. The fraction of sp³-hybridized carbons (Fsp3) is 0.588. The van der Waals surface area contributed by atoms with Crippen LogP contribution in [-0.2, 0) is 14.3 Å². The predicted octanol–water partition coefficient (Wildman–Crippen LogP) is 1.79. The van der Waals surface area contributed by atoms with Crippen molar-refractivity contribution in [1.29, 1.82) is 0 Å². The standard InChI is InChI=1S/C17H26N2O4/c1-3-17(18)12-23-9-8-19(17)15-7-5-4-6-14(15)13(11-22-2)10-16(20)21/h4-7,13H,3,8-12,18H2,1-2H3,(H,20,21). The molecule has 0 saturated carbocycles. The largest absolute Gasteiger partial charge is 0.481 e. The number of benzene rings is 1. The van der Waals surface area contributed by atoms with Gasteiger partial charge in [-0.15, -0.1) is 0 Å². The van der Waals surface area contributed by atoms with Crippen molar-refractivity contribution in [2.75, 3.05) is 38.4 Å². The molecule has 6 nitrogen and oxygen atoms in total. The van der Waals surface area contributed by atoms with Gasteiger partial charge in [0.1, 0.15) is 5.66 Å². The van der Waals surface area contributed by atoms with Crippen LogP contribution < -0.4 is 10.6 Å². The summed E-state index contributed by atoms with van der Waals surface area (Å²) in [6.45, 7) is 4.16. The second-order valence-corrected chi connectivity index (χ2v) is 5.97. The van der Waals surface area contributed by atoms with Crippen LogP contribution in [-0.4, -0.2) is 50.2 Å². The molecule has 23 heavy (non-hydrogen) atoms. The lowest BCUT2D eigenvalue weighted by Crippen LogP contribution is -2.63. The highest BCUT2D eigenvalue weighted by Gasteiger charge is 2.36. The summed E-state index contributed by atoms with van der Waals surface area (Å²) in [6, 6.07) is 7.85. The molecule has 0 amide bonds. The highest BCUT2D eigenvalue weighted by molar-refractivity contribution is 5.69. The van der Waals surface area contributed by atoms with Gasteiger partial charge in [0.25, 0.3) is 0 Å². The van der Waals surface area contributed by atoms with Crippen LogP contribution in [0, 0.1) is 0 Å². The SMILES string of the molecule is CCC1(N)COCCN1c1ccccc1C(COC)CC(=O)O. The molecule has 1 aromatic carbocycles. The molecule has 3 N–H and O–H groups in total. The number of nitrogens with two attached hydrogens (primary N) is 1. The van der Waals surface area contributed by atoms with Gasteiger partial charge in [0, 0.05) is 25.3 Å². The summed E-state index contributed by atoms with van der Waals surface area (Å²) >= 11 is 0. The van der Waals surface area contributed by atoms with E-state index in [2.05, 4.69) is 4.90 Å². The number of carboxylic acids is 1. The van der Waals surface area contributed by atoms with E-state index in [1.165, 1.54) is 0 Å². The van der Waals surface area contributed by atoms with Crippen LogP contribution >= 0.6 is 0 Å². The summed E-state index contributed by atoms with van der Waals surface area (Å²) in [5.41, 5.74) is 7.89. The number of methoxy groups -OCH3 is 1. The Morgan fingerprint density at radius 2 is 2.26 bits per heavy atom. The summed E-state index contributed by atoms with van der Waals surface area (Å²) in [5, 5.41) is 9.21. The Balaban J connectivity index is 2.40. The maximum absolute atomic E-state index is 11.2. The van der Waals surface area contributed by atoms with Gasteiger partial charge >= 0.3 is 5.97 Å². The summed E-state index contributed by atoms with van der Waals surface area (Å²) in [6.07, 6.45) is 0.772. The third-order valence-corrected chi connectivity index (χ3v) is 4.42. The zero-order valence-corrected chi connectivity index (χ0v) is 13.8. The van der Waals surface area contributed by atoms with Crippen LogP contribution in [0.3, 0.4) is 0 Å². The van der Waals surface area contributed by atoms with Gasteiger partial charge in [-0.1, -0.05) is 25.1 Å². The third kappa shape index (κ3) is 4.02. The number of hydrogen-bond acceptors (Lipinski definition) is 5. The molecule has 2 atom stereocenters. The van der Waals surface area contributed by atoms with E-state index in [1.807, 2.05) is 31.2 Å². The maximum Gasteiger partial charge on any atom is 0.304 e. The molecule has 0 aromatic heterocycles. The van der Waals surface area contributed by atoms with Gasteiger partial charge < -0.3 is 25.2 Å². The monoisotopic (exact) mass is 322 g/mol. The van der Waals surface area contributed by atoms with Crippen LogP contribution in [0.1, 0.15) is 31.2 Å². The molecule has 0 radical (unpaired) electrons. The number of carboxylic acid groups (broad SMARTS) is 1. The smallest absolute Gasteiger partial charge is 0.304 e. The number of rotatable bonds is 7. The average molecular weight is 322 g/mol. The molecule has 1 aliphatic heterocycles. The first-order valence-electron chi connectivity index (χ1n) is 7.95. The van der Waals surface area contributed by atoms with Crippen LogP contribution in [0.2, 0.25) is 0 Å². The van der Waals surface area contributed by atoms with E-state index in [4.69, 9.17) is 15.2 Å². The van der Waals surface area contributed by atoms with Gasteiger partial charge in [-0.2, -0.15) is 0 Å². The van der Waals surface area contributed by atoms with Crippen molar-refractivity contribution in [1.82, 2.24) is 0 Å². The van der Waals surface area contributed by atoms with Crippen molar-refractivity contribution in [2.45, 2.75) is 31.3 Å². The summed E-state index contributed by atoms with van der Waals surface area (Å²) in [5.74, 6) is -1.05. The Bertz CT molecular complexity index is 537. The van der Waals surface area contributed by atoms with Crippen molar-refractivity contribution in [3.63, 3.8) is 0 Å². The molecular weight excluding hydrogens is 296 g/mol. The fourth-order valence-corrected chi connectivity index (χ4v) is 3.11. The first-order chi connectivity index (χ1) is 11.0. The molecule has 2 rings (SSSR count). The zero-order chi connectivity index (χ0) is 16.9. The Morgan fingerprint density at radius 1 is 1.52 bits per heavy atom. The maximum atomic E-state index is 11.2. The number of anilines is 1. The number of ether oxygens (including phenoxy) is 2. The minimum Gasteiger partial charge on any atom is -0.481 e. The first kappa shape index (κ1) is 17.7. The quantitative estimate of drug-likeness (QED) is 0.796. The minimum atomic E-state index is -0.835. The van der Waals surface area contributed by atoms with Crippen LogP contribution in [0.4, 0.5) is 5.69 Å². The second-order valence-electron chi connectivity index (χ2n) is 5.97. The van der Waals surface area contributed by atoms with E-state index in [0.717, 1.165) is 17.7 Å². The lowest BCUT2D eigenvalue weighted by atomic mass is 9.92. The Labute approximate surface area is 137 Å². The highest BCUT2D eigenvalue weighted by atomic mass is 16.5. The van der Waals surface area contributed by atoms with Crippen LogP contribution in [0.5, 0.6) is 0 Å². The van der Waals surface area contributed by atoms with Gasteiger partial charge in [0.15, 0.2) is 0 Å². The van der Waals surface area contributed by atoms with E-state index in [0.29, 0.717) is 26.4 Å². The lowest BCUT2D eigenvalue weighted by Gasteiger charge is -2.46. The van der Waals surface area contributed by atoms with Crippen molar-refractivity contribution >= 4 is 11.7 Å². The molecule has 1 aliphatic rings. The van der Waals surface area contributed by atoms with Gasteiger partial charge in [-0.05, 0) is 18.1 Å². The molecule has 6 heteroatoms. The van der Waals surface area contributed by atoms with Gasteiger partial charge in [0.2, 0.25) is 0 Å². The summed E-state index contributed by atoms with van der Waals surface area (Å²) in [4.78, 5) is 13.4. The normalized spacial score (nSPS) is 22.8. The molecule has 0 aliphatic carbocycles. The van der Waals surface area contributed by atoms with Crippen molar-refractivity contribution < 1.29 is 19.4 Å². The molecule has 1 saturated heterocycles. The zero-order valence-electron chi connectivity index (χ0n) is 13.8. The Morgan fingerprint density at radius 3 is 2.91 bits per heavy atom. The van der Waals surface area contributed by atoms with E-state index < -0.39 is 11.6 Å². The topological polar surface area (TPSA) is 85.0 Å². The minimum absolute atomic E-state index is 0.0267. The number of carbonyl (C=O) groups is 1. The number of hydrogen-bond donors (Lipinski definition) is 2. The Hall–Kier alpha value is -1.63. The molecule has 128 valence electrons. The average Bonchev–Trinajstić information content (AvgIpc) is 2.54. The molecular formula is C17H26N2O4. The van der Waals surface area contributed by atoms with Crippen molar-refractivity contribution in [3.8, 4) is 0 Å². The predicted molar refractivity (Wildman–Crippen MR) is 88.7 cm³/mol. The molecule has 0 bridgehead atoms. The first-order valence-corrected chi connectivity index (χ1v) is 7.95. The second kappa shape index (κ2) is 7.77. The van der Waals surface area contributed by atoms with E-state index in [-0.39, 0.29) is 12.3 Å². The van der Waals surface area contributed by atoms with Crippen molar-refractivity contribution in [2.24, 2.45) is 5.73 Å².